The normalized spacial score (nSPS) is 13.0. The van der Waals surface area contributed by atoms with Gasteiger partial charge in [-0.05, 0) is 42.8 Å². The fourth-order valence-electron chi connectivity index (χ4n) is 1.94. The molecule has 0 saturated heterocycles. The quantitative estimate of drug-likeness (QED) is 0.772. The molecule has 21 heavy (non-hydrogen) atoms. The van der Waals surface area contributed by atoms with Crippen LogP contribution < -0.4 is 5.32 Å². The molecule has 0 bridgehead atoms. The van der Waals surface area contributed by atoms with Crippen molar-refractivity contribution in [2.24, 2.45) is 0 Å². The maximum atomic E-state index is 13.2. The van der Waals surface area contributed by atoms with Crippen molar-refractivity contribution in [2.75, 3.05) is 5.32 Å². The summed E-state index contributed by atoms with van der Waals surface area (Å²) in [5, 5.41) is 2.79. The summed E-state index contributed by atoms with van der Waals surface area (Å²) in [6, 6.07) is 7.95. The molecule has 1 N–H and O–H groups in total. The Morgan fingerprint density at radius 2 is 1.71 bits per heavy atom. The number of anilines is 1. The van der Waals surface area contributed by atoms with Crippen molar-refractivity contribution in [3.63, 3.8) is 0 Å². The van der Waals surface area contributed by atoms with E-state index in [1.54, 1.807) is 13.0 Å². The second-order valence-corrected chi connectivity index (χ2v) is 4.61. The Morgan fingerprint density at radius 3 is 2.33 bits per heavy atom. The van der Waals surface area contributed by atoms with Crippen LogP contribution in [0.2, 0.25) is 0 Å². The molecule has 1 unspecified atom stereocenters. The summed E-state index contributed by atoms with van der Waals surface area (Å²) in [6.45, 7) is 1.67. The van der Waals surface area contributed by atoms with Crippen molar-refractivity contribution in [3.8, 4) is 0 Å². The lowest BCUT2D eigenvalue weighted by molar-refractivity contribution is -0.139. The van der Waals surface area contributed by atoms with Gasteiger partial charge in [-0.2, -0.15) is 13.2 Å². The standard InChI is InChI=1S/C15H12F5N/c1-9(10-3-2-4-11(16)7-10)21-12-5-6-14(17)13(8-12)15(18,19)20/h2-9,21H,1H3. The van der Waals surface area contributed by atoms with Gasteiger partial charge < -0.3 is 5.32 Å². The van der Waals surface area contributed by atoms with E-state index in [-0.39, 0.29) is 5.69 Å². The second-order valence-electron chi connectivity index (χ2n) is 4.61. The topological polar surface area (TPSA) is 12.0 Å². The summed E-state index contributed by atoms with van der Waals surface area (Å²) >= 11 is 0. The first-order chi connectivity index (χ1) is 9.77. The molecule has 0 spiro atoms. The van der Waals surface area contributed by atoms with Gasteiger partial charge in [-0.3, -0.25) is 0 Å². The molecule has 0 aliphatic rings. The molecular formula is C15H12F5N. The van der Waals surface area contributed by atoms with E-state index < -0.39 is 29.4 Å². The van der Waals surface area contributed by atoms with Crippen LogP contribution in [-0.4, -0.2) is 0 Å². The highest BCUT2D eigenvalue weighted by molar-refractivity contribution is 5.48. The monoisotopic (exact) mass is 301 g/mol. The highest BCUT2D eigenvalue weighted by Crippen LogP contribution is 2.33. The average Bonchev–Trinajstić information content (AvgIpc) is 2.39. The lowest BCUT2D eigenvalue weighted by Crippen LogP contribution is -2.11. The third-order valence-corrected chi connectivity index (χ3v) is 3.00. The third kappa shape index (κ3) is 3.71. The van der Waals surface area contributed by atoms with Crippen LogP contribution in [0.1, 0.15) is 24.1 Å². The van der Waals surface area contributed by atoms with Gasteiger partial charge >= 0.3 is 6.18 Å². The van der Waals surface area contributed by atoms with E-state index in [1.165, 1.54) is 24.3 Å². The Bertz CT molecular complexity index is 636. The first kappa shape index (κ1) is 15.3. The van der Waals surface area contributed by atoms with E-state index in [0.717, 1.165) is 6.07 Å². The summed E-state index contributed by atoms with van der Waals surface area (Å²) < 4.78 is 64.2. The first-order valence-electron chi connectivity index (χ1n) is 6.16. The molecule has 2 aromatic carbocycles. The van der Waals surface area contributed by atoms with Crippen molar-refractivity contribution in [2.45, 2.75) is 19.1 Å². The number of benzene rings is 2. The minimum Gasteiger partial charge on any atom is -0.379 e. The molecule has 0 saturated carbocycles. The third-order valence-electron chi connectivity index (χ3n) is 3.00. The molecule has 1 atom stereocenters. The maximum Gasteiger partial charge on any atom is 0.419 e. The van der Waals surface area contributed by atoms with Crippen LogP contribution in [0.5, 0.6) is 0 Å². The zero-order chi connectivity index (χ0) is 15.6. The van der Waals surface area contributed by atoms with Crippen LogP contribution in [0, 0.1) is 11.6 Å². The first-order valence-corrected chi connectivity index (χ1v) is 6.16. The van der Waals surface area contributed by atoms with E-state index >= 15 is 0 Å². The predicted molar refractivity (Wildman–Crippen MR) is 69.8 cm³/mol. The van der Waals surface area contributed by atoms with E-state index in [2.05, 4.69) is 5.32 Å². The molecule has 1 nitrogen and oxygen atoms in total. The van der Waals surface area contributed by atoms with Crippen molar-refractivity contribution < 1.29 is 22.0 Å². The smallest absolute Gasteiger partial charge is 0.379 e. The number of rotatable bonds is 3. The second kappa shape index (κ2) is 5.71. The highest BCUT2D eigenvalue weighted by atomic mass is 19.4. The molecule has 0 heterocycles. The zero-order valence-electron chi connectivity index (χ0n) is 11.0. The molecule has 0 aliphatic heterocycles. The minimum atomic E-state index is -4.76. The SMILES string of the molecule is CC(Nc1ccc(F)c(C(F)(F)F)c1)c1cccc(F)c1. The van der Waals surface area contributed by atoms with Crippen LogP contribution in [0.25, 0.3) is 0 Å². The summed E-state index contributed by atoms with van der Waals surface area (Å²) in [7, 11) is 0. The summed E-state index contributed by atoms with van der Waals surface area (Å²) in [4.78, 5) is 0. The van der Waals surface area contributed by atoms with Gasteiger partial charge in [0.05, 0.1) is 5.56 Å². The molecule has 0 aliphatic carbocycles. The molecular weight excluding hydrogens is 289 g/mol. The minimum absolute atomic E-state index is 0.112. The van der Waals surface area contributed by atoms with Crippen LogP contribution in [-0.2, 0) is 6.18 Å². The molecule has 0 radical (unpaired) electrons. The van der Waals surface area contributed by atoms with E-state index in [0.29, 0.717) is 11.6 Å². The molecule has 0 aromatic heterocycles. The molecule has 112 valence electrons. The number of hydrogen-bond acceptors (Lipinski definition) is 1. The van der Waals surface area contributed by atoms with Crippen LogP contribution in [0.15, 0.2) is 42.5 Å². The molecule has 0 fully saturated rings. The van der Waals surface area contributed by atoms with Gasteiger partial charge in [0.15, 0.2) is 0 Å². The van der Waals surface area contributed by atoms with Crippen molar-refractivity contribution >= 4 is 5.69 Å². The Balaban J connectivity index is 2.24. The van der Waals surface area contributed by atoms with Crippen LogP contribution in [0.3, 0.4) is 0 Å². The van der Waals surface area contributed by atoms with Gasteiger partial charge in [0.1, 0.15) is 11.6 Å². The van der Waals surface area contributed by atoms with E-state index in [4.69, 9.17) is 0 Å². The van der Waals surface area contributed by atoms with Gasteiger partial charge in [-0.1, -0.05) is 12.1 Å². The van der Waals surface area contributed by atoms with Gasteiger partial charge in [0.2, 0.25) is 0 Å². The van der Waals surface area contributed by atoms with E-state index in [9.17, 15) is 22.0 Å². The summed E-state index contributed by atoms with van der Waals surface area (Å²) in [5.74, 6) is -1.76. The Kier molecular flexibility index (Phi) is 4.16. The molecule has 2 rings (SSSR count). The van der Waals surface area contributed by atoms with E-state index in [1.807, 2.05) is 0 Å². The number of hydrogen-bond donors (Lipinski definition) is 1. The van der Waals surface area contributed by atoms with Crippen molar-refractivity contribution in [3.05, 3.63) is 65.2 Å². The predicted octanol–water partition coefficient (Wildman–Crippen LogP) is 5.16. The largest absolute Gasteiger partial charge is 0.419 e. The zero-order valence-corrected chi connectivity index (χ0v) is 11.0. The van der Waals surface area contributed by atoms with Crippen LogP contribution >= 0.6 is 0 Å². The van der Waals surface area contributed by atoms with Gasteiger partial charge in [0, 0.05) is 11.7 Å². The van der Waals surface area contributed by atoms with Gasteiger partial charge in [-0.15, -0.1) is 0 Å². The fraction of sp³-hybridized carbons (Fsp3) is 0.200. The molecule has 2 aromatic rings. The van der Waals surface area contributed by atoms with Crippen molar-refractivity contribution in [1.82, 2.24) is 0 Å². The Hall–Kier alpha value is -2.11. The fourth-order valence-corrected chi connectivity index (χ4v) is 1.94. The maximum absolute atomic E-state index is 13.2. The number of nitrogens with one attached hydrogen (secondary N) is 1. The highest BCUT2D eigenvalue weighted by Gasteiger charge is 2.34. The summed E-state index contributed by atoms with van der Waals surface area (Å²) in [5.41, 5.74) is -0.646. The van der Waals surface area contributed by atoms with Crippen molar-refractivity contribution in [1.29, 1.82) is 0 Å². The summed E-state index contributed by atoms with van der Waals surface area (Å²) in [6.07, 6.45) is -4.76. The average molecular weight is 301 g/mol. The van der Waals surface area contributed by atoms with Gasteiger partial charge in [0.25, 0.3) is 0 Å². The van der Waals surface area contributed by atoms with Gasteiger partial charge in [-0.25, -0.2) is 8.78 Å². The lowest BCUT2D eigenvalue weighted by Gasteiger charge is -2.17. The lowest BCUT2D eigenvalue weighted by atomic mass is 10.1. The molecule has 6 heteroatoms. The Labute approximate surface area is 118 Å². The Morgan fingerprint density at radius 1 is 1.00 bits per heavy atom. The molecule has 0 amide bonds. The van der Waals surface area contributed by atoms with Crippen LogP contribution in [0.4, 0.5) is 27.6 Å². The number of alkyl halides is 3. The number of halogens is 5.